The van der Waals surface area contributed by atoms with Crippen LogP contribution in [0.25, 0.3) is 11.0 Å². The highest BCUT2D eigenvalue weighted by Crippen LogP contribution is 2.32. The molecule has 0 saturated carbocycles. The van der Waals surface area contributed by atoms with Gasteiger partial charge in [-0.05, 0) is 37.0 Å². The molecule has 2 fully saturated rings. The van der Waals surface area contributed by atoms with Gasteiger partial charge in [0.15, 0.2) is 5.78 Å². The van der Waals surface area contributed by atoms with E-state index in [1.807, 2.05) is 24.3 Å². The quantitative estimate of drug-likeness (QED) is 0.449. The van der Waals surface area contributed by atoms with Crippen molar-refractivity contribution >= 4 is 32.7 Å². The topological polar surface area (TPSA) is 96.8 Å². The second kappa shape index (κ2) is 11.0. The van der Waals surface area contributed by atoms with Gasteiger partial charge in [-0.2, -0.15) is 12.7 Å². The SMILES string of the molecule is CN(c1ccc2c(c1)nc(C(C)(C)C)n2CC1CCOCC1)S(=O)(=O)N1CCNCC1C(=O)c1ccccc1. The number of carbonyl (C=O) groups is 1. The van der Waals surface area contributed by atoms with Gasteiger partial charge < -0.3 is 14.6 Å². The molecule has 3 heterocycles. The smallest absolute Gasteiger partial charge is 0.304 e. The van der Waals surface area contributed by atoms with Crippen LogP contribution in [0.1, 0.15) is 49.8 Å². The number of rotatable bonds is 7. The molecule has 2 aliphatic heterocycles. The number of fused-ring (bicyclic) bond motifs is 1. The van der Waals surface area contributed by atoms with Crippen LogP contribution >= 0.6 is 0 Å². The van der Waals surface area contributed by atoms with Gasteiger partial charge >= 0.3 is 10.2 Å². The lowest BCUT2D eigenvalue weighted by molar-refractivity contribution is 0.0611. The van der Waals surface area contributed by atoms with Crippen molar-refractivity contribution < 1.29 is 17.9 Å². The lowest BCUT2D eigenvalue weighted by atomic mass is 9.94. The molecular formula is C29H39N5O4S. The molecule has 3 aromatic rings. The zero-order chi connectivity index (χ0) is 27.8. The number of ether oxygens (including phenoxy) is 1. The lowest BCUT2D eigenvalue weighted by Gasteiger charge is -2.37. The van der Waals surface area contributed by atoms with E-state index in [9.17, 15) is 13.2 Å². The summed E-state index contributed by atoms with van der Waals surface area (Å²) >= 11 is 0. The van der Waals surface area contributed by atoms with Gasteiger partial charge in [0, 0.05) is 57.4 Å². The number of nitrogens with zero attached hydrogens (tertiary/aromatic N) is 4. The maximum atomic E-state index is 13.9. The van der Waals surface area contributed by atoms with Crippen LogP contribution < -0.4 is 9.62 Å². The molecule has 210 valence electrons. The summed E-state index contributed by atoms with van der Waals surface area (Å²) in [7, 11) is -2.44. The molecule has 39 heavy (non-hydrogen) atoms. The van der Waals surface area contributed by atoms with Gasteiger partial charge in [-0.1, -0.05) is 51.1 Å². The first-order valence-corrected chi connectivity index (χ1v) is 15.1. The molecule has 5 rings (SSSR count). The average Bonchev–Trinajstić information content (AvgIpc) is 3.31. The average molecular weight is 554 g/mol. The number of piperazine rings is 1. The number of imidazole rings is 1. The second-order valence-electron chi connectivity index (χ2n) is 11.6. The Kier molecular flexibility index (Phi) is 7.83. The molecule has 2 aromatic carbocycles. The van der Waals surface area contributed by atoms with Gasteiger partial charge in [-0.15, -0.1) is 0 Å². The van der Waals surface area contributed by atoms with E-state index in [-0.39, 0.29) is 24.3 Å². The number of nitrogens with one attached hydrogen (secondary N) is 1. The number of carbonyl (C=O) groups excluding carboxylic acids is 1. The van der Waals surface area contributed by atoms with Gasteiger partial charge in [0.05, 0.1) is 16.7 Å². The van der Waals surface area contributed by atoms with Crippen LogP contribution in [-0.4, -0.2) is 74.0 Å². The van der Waals surface area contributed by atoms with Crippen molar-refractivity contribution in [1.29, 1.82) is 0 Å². The third-order valence-electron chi connectivity index (χ3n) is 7.75. The van der Waals surface area contributed by atoms with Crippen molar-refractivity contribution in [3.8, 4) is 0 Å². The van der Waals surface area contributed by atoms with E-state index >= 15 is 0 Å². The number of benzene rings is 2. The van der Waals surface area contributed by atoms with Crippen LogP contribution in [0.5, 0.6) is 0 Å². The first-order valence-electron chi connectivity index (χ1n) is 13.7. The fourth-order valence-electron chi connectivity index (χ4n) is 5.53. The maximum Gasteiger partial charge on any atom is 0.304 e. The fourth-order valence-corrected chi connectivity index (χ4v) is 7.04. The van der Waals surface area contributed by atoms with E-state index in [2.05, 4.69) is 30.7 Å². The molecule has 2 aliphatic rings. The number of ketones is 1. The Labute approximate surface area is 231 Å². The highest BCUT2D eigenvalue weighted by Gasteiger charge is 2.39. The van der Waals surface area contributed by atoms with Crippen LogP contribution in [0, 0.1) is 5.92 Å². The monoisotopic (exact) mass is 553 g/mol. The minimum atomic E-state index is -3.98. The maximum absolute atomic E-state index is 13.9. The Hall–Kier alpha value is -2.79. The number of hydrogen-bond donors (Lipinski definition) is 1. The minimum absolute atomic E-state index is 0.172. The normalized spacial score (nSPS) is 19.8. The van der Waals surface area contributed by atoms with Gasteiger partial charge in [-0.25, -0.2) is 4.98 Å². The second-order valence-corrected chi connectivity index (χ2v) is 13.5. The van der Waals surface area contributed by atoms with E-state index in [4.69, 9.17) is 9.72 Å². The lowest BCUT2D eigenvalue weighted by Crippen LogP contribution is -2.59. The molecule has 0 radical (unpaired) electrons. The fraction of sp³-hybridized carbons (Fsp3) is 0.517. The van der Waals surface area contributed by atoms with Crippen molar-refractivity contribution in [3.05, 3.63) is 59.9 Å². The minimum Gasteiger partial charge on any atom is -0.381 e. The third-order valence-corrected chi connectivity index (χ3v) is 9.68. The van der Waals surface area contributed by atoms with E-state index in [0.717, 1.165) is 49.5 Å². The summed E-state index contributed by atoms with van der Waals surface area (Å²) in [5.41, 5.74) is 2.61. The summed E-state index contributed by atoms with van der Waals surface area (Å²) in [6.07, 6.45) is 2.05. The summed E-state index contributed by atoms with van der Waals surface area (Å²) < 4.78 is 38.3. The third kappa shape index (κ3) is 5.61. The predicted octanol–water partition coefficient (Wildman–Crippen LogP) is 3.60. The van der Waals surface area contributed by atoms with Crippen LogP contribution in [0.3, 0.4) is 0 Å². The van der Waals surface area contributed by atoms with Gasteiger partial charge in [-0.3, -0.25) is 9.10 Å². The molecule has 1 aromatic heterocycles. The van der Waals surface area contributed by atoms with Gasteiger partial charge in [0.25, 0.3) is 0 Å². The van der Waals surface area contributed by atoms with E-state index in [0.29, 0.717) is 23.7 Å². The Bertz CT molecular complexity index is 1430. The molecule has 9 nitrogen and oxygen atoms in total. The number of anilines is 1. The summed E-state index contributed by atoms with van der Waals surface area (Å²) in [6, 6.07) is 13.7. The first-order chi connectivity index (χ1) is 18.6. The molecule has 0 aliphatic carbocycles. The van der Waals surface area contributed by atoms with Crippen LogP contribution in [0.4, 0.5) is 5.69 Å². The Morgan fingerprint density at radius 1 is 1.13 bits per heavy atom. The number of aromatic nitrogens is 2. The Morgan fingerprint density at radius 3 is 2.54 bits per heavy atom. The van der Waals surface area contributed by atoms with E-state index < -0.39 is 16.3 Å². The van der Waals surface area contributed by atoms with Crippen LogP contribution in [0.2, 0.25) is 0 Å². The molecule has 0 bridgehead atoms. The molecule has 1 atom stereocenters. The largest absolute Gasteiger partial charge is 0.381 e. The van der Waals surface area contributed by atoms with Gasteiger partial charge in [0.2, 0.25) is 0 Å². The van der Waals surface area contributed by atoms with Crippen LogP contribution in [-0.2, 0) is 26.9 Å². The molecule has 10 heteroatoms. The molecular weight excluding hydrogens is 514 g/mol. The zero-order valence-corrected chi connectivity index (χ0v) is 24.1. The molecule has 2 saturated heterocycles. The predicted molar refractivity (Wildman–Crippen MR) is 153 cm³/mol. The Balaban J connectivity index is 1.46. The summed E-state index contributed by atoms with van der Waals surface area (Å²) in [5.74, 6) is 1.30. The van der Waals surface area contributed by atoms with Crippen molar-refractivity contribution in [2.45, 2.75) is 51.6 Å². The molecule has 1 N–H and O–H groups in total. The molecule has 1 unspecified atom stereocenters. The first kappa shape index (κ1) is 27.8. The molecule has 0 spiro atoms. The zero-order valence-electron chi connectivity index (χ0n) is 23.3. The van der Waals surface area contributed by atoms with E-state index in [1.165, 1.54) is 8.61 Å². The van der Waals surface area contributed by atoms with Crippen molar-refractivity contribution in [2.24, 2.45) is 5.92 Å². The Morgan fingerprint density at radius 2 is 1.85 bits per heavy atom. The highest BCUT2D eigenvalue weighted by molar-refractivity contribution is 7.90. The number of hydrogen-bond acceptors (Lipinski definition) is 6. The standard InChI is InChI=1S/C29H39N5O4S/c1-29(2,3)28-31-24-18-23(10-11-25(24)33(28)20-21-12-16-38-17-13-21)32(4)39(36,37)34-15-14-30-19-26(34)27(35)22-8-6-5-7-9-22/h5-11,18,21,26,30H,12-17,19-20H2,1-4H3. The summed E-state index contributed by atoms with van der Waals surface area (Å²) in [4.78, 5) is 18.3. The van der Waals surface area contributed by atoms with Crippen LogP contribution in [0.15, 0.2) is 48.5 Å². The van der Waals surface area contributed by atoms with Gasteiger partial charge in [0.1, 0.15) is 11.9 Å². The molecule has 0 amide bonds. The van der Waals surface area contributed by atoms with Crippen molar-refractivity contribution in [3.63, 3.8) is 0 Å². The van der Waals surface area contributed by atoms with Crippen molar-refractivity contribution in [2.75, 3.05) is 44.2 Å². The highest BCUT2D eigenvalue weighted by atomic mass is 32.2. The summed E-state index contributed by atoms with van der Waals surface area (Å²) in [5, 5.41) is 3.18. The van der Waals surface area contributed by atoms with E-state index in [1.54, 1.807) is 31.3 Å². The summed E-state index contributed by atoms with van der Waals surface area (Å²) in [6.45, 7) is 9.86. The number of Topliss-reactive ketones (excluding diaryl/α,β-unsaturated/α-hetero) is 1. The van der Waals surface area contributed by atoms with Crippen molar-refractivity contribution in [1.82, 2.24) is 19.2 Å².